The van der Waals surface area contributed by atoms with Gasteiger partial charge in [-0.25, -0.2) is 0 Å². The fraction of sp³-hybridized carbons (Fsp3) is 0.100. The summed E-state index contributed by atoms with van der Waals surface area (Å²) in [6.07, 6.45) is 1.18. The Labute approximate surface area is 115 Å². The lowest BCUT2D eigenvalue weighted by atomic mass is 10.3. The number of hydrogen-bond donors (Lipinski definition) is 2. The van der Waals surface area contributed by atoms with Crippen LogP contribution < -0.4 is 5.32 Å². The van der Waals surface area contributed by atoms with Crippen molar-refractivity contribution in [1.82, 2.24) is 14.8 Å². The summed E-state index contributed by atoms with van der Waals surface area (Å²) >= 11 is 3.29. The van der Waals surface area contributed by atoms with Gasteiger partial charge in [0.15, 0.2) is 4.92 Å². The number of aromatic nitrogens is 3. The predicted molar refractivity (Wildman–Crippen MR) is 67.9 cm³/mol. The molecule has 1 aromatic carbocycles. The summed E-state index contributed by atoms with van der Waals surface area (Å²) in [4.78, 5) is 25.2. The van der Waals surface area contributed by atoms with Crippen molar-refractivity contribution < 1.29 is 14.9 Å². The number of rotatable bonds is 4. The van der Waals surface area contributed by atoms with Gasteiger partial charge in [-0.2, -0.15) is 4.68 Å². The minimum atomic E-state index is -0.469. The Morgan fingerprint density at radius 1 is 1.42 bits per heavy atom. The molecule has 8 nitrogen and oxygen atoms in total. The van der Waals surface area contributed by atoms with Gasteiger partial charge in [-0.1, -0.05) is 20.8 Å². The number of halogens is 1. The molecule has 2 aromatic rings. The number of carbonyl (C=O) groups excluding carboxylic acids is 1. The first-order valence-corrected chi connectivity index (χ1v) is 5.95. The van der Waals surface area contributed by atoms with Crippen molar-refractivity contribution in [2.45, 2.75) is 6.54 Å². The molecule has 0 spiro atoms. The largest absolute Gasteiger partial charge is 0.531 e. The highest BCUT2D eigenvalue weighted by Gasteiger charge is 2.19. The van der Waals surface area contributed by atoms with E-state index in [1.54, 1.807) is 24.3 Å². The number of amides is 1. The molecule has 0 bridgehead atoms. The van der Waals surface area contributed by atoms with E-state index in [0.29, 0.717) is 5.69 Å². The van der Waals surface area contributed by atoms with Crippen molar-refractivity contribution in [3.63, 3.8) is 0 Å². The number of anilines is 1. The van der Waals surface area contributed by atoms with Crippen LogP contribution >= 0.6 is 15.9 Å². The van der Waals surface area contributed by atoms with Gasteiger partial charge in [0.2, 0.25) is 12.2 Å². The summed E-state index contributed by atoms with van der Waals surface area (Å²) in [5.74, 6) is -0.745. The van der Waals surface area contributed by atoms with E-state index in [2.05, 4.69) is 31.3 Å². The normalized spacial score (nSPS) is 10.2. The fourth-order valence-electron chi connectivity index (χ4n) is 1.33. The number of carbonyl (C=O) groups is 1. The maximum Gasteiger partial charge on any atom is 0.531 e. The third-order valence-electron chi connectivity index (χ3n) is 2.13. The molecule has 0 radical (unpaired) electrons. The van der Waals surface area contributed by atoms with Gasteiger partial charge in [-0.3, -0.25) is 4.79 Å². The highest BCUT2D eigenvalue weighted by molar-refractivity contribution is 9.10. The van der Waals surface area contributed by atoms with Gasteiger partial charge in [-0.05, 0) is 29.2 Å². The van der Waals surface area contributed by atoms with Gasteiger partial charge >= 0.3 is 5.95 Å². The second-order valence-corrected chi connectivity index (χ2v) is 4.49. The number of hydrogen-bond acceptors (Lipinski definition) is 4. The summed E-state index contributed by atoms with van der Waals surface area (Å²) in [5.41, 5.74) is 0.640. The summed E-state index contributed by atoms with van der Waals surface area (Å²) in [6.45, 7) is -0.114. The van der Waals surface area contributed by atoms with Crippen molar-refractivity contribution >= 4 is 33.5 Å². The Morgan fingerprint density at radius 3 is 2.68 bits per heavy atom. The molecule has 2 rings (SSSR count). The lowest BCUT2D eigenvalue weighted by Gasteiger charge is -2.03. The van der Waals surface area contributed by atoms with E-state index >= 15 is 0 Å². The molecule has 0 aliphatic carbocycles. The summed E-state index contributed by atoms with van der Waals surface area (Å²) < 4.78 is 2.05. The molecule has 0 saturated heterocycles. The molecule has 0 atom stereocenters. The van der Waals surface area contributed by atoms with Gasteiger partial charge in [0.1, 0.15) is 6.54 Å². The first kappa shape index (κ1) is 13.1. The Kier molecular flexibility index (Phi) is 3.85. The Hall–Kier alpha value is -2.29. The van der Waals surface area contributed by atoms with E-state index in [1.165, 1.54) is 6.33 Å². The van der Waals surface area contributed by atoms with Crippen LogP contribution in [0.15, 0.2) is 35.1 Å². The zero-order valence-corrected chi connectivity index (χ0v) is 11.1. The molecule has 0 aliphatic rings. The van der Waals surface area contributed by atoms with E-state index in [1.807, 2.05) is 0 Å². The van der Waals surface area contributed by atoms with Crippen LogP contribution in [0.3, 0.4) is 0 Å². The molecule has 0 unspecified atom stereocenters. The molecule has 2 N–H and O–H groups in total. The van der Waals surface area contributed by atoms with Gasteiger partial charge in [-0.15, -0.1) is 0 Å². The summed E-state index contributed by atoms with van der Waals surface area (Å²) in [6, 6.07) is 7.07. The molecule has 0 aliphatic heterocycles. The minimum absolute atomic E-state index is 0.114. The third-order valence-corrected chi connectivity index (χ3v) is 2.66. The first-order chi connectivity index (χ1) is 9.04. The van der Waals surface area contributed by atoms with Crippen molar-refractivity contribution in [3.8, 4) is 0 Å². The molecule has 1 aromatic heterocycles. The van der Waals surface area contributed by atoms with Crippen LogP contribution in [-0.2, 0) is 11.3 Å². The van der Waals surface area contributed by atoms with Crippen molar-refractivity contribution in [2.24, 2.45) is 0 Å². The second-order valence-electron chi connectivity index (χ2n) is 3.57. The lowest BCUT2D eigenvalue weighted by molar-refractivity contribution is -0.734. The van der Waals surface area contributed by atoms with Crippen LogP contribution in [0.5, 0.6) is 0 Å². The molecule has 98 valence electrons. The molecule has 0 fully saturated rings. The molecule has 1 amide bonds. The monoisotopic (exact) mass is 326 g/mol. The van der Waals surface area contributed by atoms with E-state index in [0.717, 1.165) is 9.15 Å². The van der Waals surface area contributed by atoms with Crippen LogP contribution in [0.1, 0.15) is 0 Å². The maximum atomic E-state index is 11.7. The zero-order chi connectivity index (χ0) is 13.8. The average molecular weight is 327 g/mol. The van der Waals surface area contributed by atoms with Crippen LogP contribution in [0.2, 0.25) is 0 Å². The Bertz CT molecular complexity index is 610. The second kappa shape index (κ2) is 5.57. The third kappa shape index (κ3) is 3.58. The summed E-state index contributed by atoms with van der Waals surface area (Å²) in [5, 5.41) is 14.8. The van der Waals surface area contributed by atoms with Crippen molar-refractivity contribution in [1.29, 1.82) is 0 Å². The van der Waals surface area contributed by atoms with Crippen LogP contribution in [0, 0.1) is 4.91 Å². The maximum absolute atomic E-state index is 11.7. The molecular formula is C10H9BrN5O3+. The van der Waals surface area contributed by atoms with E-state index in [9.17, 15) is 9.70 Å². The summed E-state index contributed by atoms with van der Waals surface area (Å²) in [7, 11) is 0. The van der Waals surface area contributed by atoms with Gasteiger partial charge in [0.05, 0.1) is 0 Å². The molecule has 1 heterocycles. The first-order valence-electron chi connectivity index (χ1n) is 5.15. The standard InChI is InChI=1S/C10H8BrN5O3/c11-7-1-3-8(4-2-7)13-9(17)5-15-6-12-10(14-15)16(18)19/h1-4,6H,5H2,(H-,13,17,18,19)/p+1. The smallest absolute Gasteiger partial charge is 0.337 e. The van der Waals surface area contributed by atoms with Crippen LogP contribution in [0.4, 0.5) is 11.6 Å². The molecule has 9 heteroatoms. The zero-order valence-electron chi connectivity index (χ0n) is 9.52. The SMILES string of the molecule is O=C(Cn1cnc([N+](=O)O)n1)Nc1ccc(Br)cc1. The van der Waals surface area contributed by atoms with E-state index in [-0.39, 0.29) is 12.5 Å². The quantitative estimate of drug-likeness (QED) is 0.829. The van der Waals surface area contributed by atoms with Gasteiger partial charge in [0.25, 0.3) is 0 Å². The highest BCUT2D eigenvalue weighted by Crippen LogP contribution is 2.14. The van der Waals surface area contributed by atoms with Crippen LogP contribution in [0.25, 0.3) is 0 Å². The van der Waals surface area contributed by atoms with Gasteiger partial charge < -0.3 is 10.5 Å². The number of benzene rings is 1. The van der Waals surface area contributed by atoms with E-state index < -0.39 is 10.9 Å². The topological polar surface area (TPSA) is 100 Å². The van der Waals surface area contributed by atoms with Crippen molar-refractivity contribution in [3.05, 3.63) is 40.0 Å². The van der Waals surface area contributed by atoms with Crippen LogP contribution in [-0.4, -0.2) is 30.8 Å². The lowest BCUT2D eigenvalue weighted by Crippen LogP contribution is -2.19. The Balaban J connectivity index is 1.97. The molecular weight excluding hydrogens is 318 g/mol. The highest BCUT2D eigenvalue weighted by atomic mass is 79.9. The number of nitrogens with zero attached hydrogens (tertiary/aromatic N) is 4. The molecule has 19 heavy (non-hydrogen) atoms. The van der Waals surface area contributed by atoms with Crippen molar-refractivity contribution in [2.75, 3.05) is 5.32 Å². The molecule has 0 saturated carbocycles. The predicted octanol–water partition coefficient (Wildman–Crippen LogP) is 1.48. The fourth-order valence-corrected chi connectivity index (χ4v) is 1.59. The van der Waals surface area contributed by atoms with Gasteiger partial charge in [0, 0.05) is 15.3 Å². The minimum Gasteiger partial charge on any atom is -0.337 e. The number of nitrogens with one attached hydrogen (secondary N) is 1. The van der Waals surface area contributed by atoms with E-state index in [4.69, 9.17) is 5.21 Å². The Morgan fingerprint density at radius 2 is 2.11 bits per heavy atom. The average Bonchev–Trinajstić information content (AvgIpc) is 2.80.